The monoisotopic (exact) mass is 362 g/mol. The minimum Gasteiger partial charge on any atom is -0.467 e. The van der Waals surface area contributed by atoms with Crippen LogP contribution in [0.25, 0.3) is 0 Å². The lowest BCUT2D eigenvalue weighted by atomic mass is 10.0. The summed E-state index contributed by atoms with van der Waals surface area (Å²) < 4.78 is 10.6. The van der Waals surface area contributed by atoms with Crippen molar-refractivity contribution in [3.05, 3.63) is 47.8 Å². The molecule has 0 saturated heterocycles. The van der Waals surface area contributed by atoms with Crippen LogP contribution in [0.4, 0.5) is 0 Å². The van der Waals surface area contributed by atoms with E-state index in [4.69, 9.17) is 8.83 Å². The summed E-state index contributed by atoms with van der Waals surface area (Å²) in [4.78, 5) is 16.1. The molecule has 0 aliphatic carbocycles. The van der Waals surface area contributed by atoms with Crippen molar-refractivity contribution in [2.75, 3.05) is 19.6 Å². The van der Waals surface area contributed by atoms with Gasteiger partial charge in [-0.15, -0.1) is 0 Å². The van der Waals surface area contributed by atoms with E-state index in [0.717, 1.165) is 5.76 Å². The summed E-state index contributed by atoms with van der Waals surface area (Å²) in [6, 6.07) is 7.09. The minimum atomic E-state index is -1.20. The molecule has 1 amide bonds. The van der Waals surface area contributed by atoms with Gasteiger partial charge in [-0.1, -0.05) is 0 Å². The fourth-order valence-corrected chi connectivity index (χ4v) is 2.21. The van der Waals surface area contributed by atoms with Crippen molar-refractivity contribution in [1.29, 1.82) is 0 Å². The van der Waals surface area contributed by atoms with Crippen LogP contribution in [0.15, 0.2) is 44.4 Å². The van der Waals surface area contributed by atoms with E-state index >= 15 is 0 Å². The van der Waals surface area contributed by atoms with Crippen LogP contribution in [-0.4, -0.2) is 36.6 Å². The summed E-state index contributed by atoms with van der Waals surface area (Å²) in [5.74, 6) is 2.08. The molecule has 26 heavy (non-hydrogen) atoms. The first-order chi connectivity index (χ1) is 12.4. The van der Waals surface area contributed by atoms with Gasteiger partial charge in [-0.05, 0) is 45.0 Å². The molecular formula is C18H26N4O4. The summed E-state index contributed by atoms with van der Waals surface area (Å²) in [6.45, 7) is 6.47. The van der Waals surface area contributed by atoms with Gasteiger partial charge in [0.25, 0.3) is 0 Å². The molecule has 2 heterocycles. The molecule has 0 aromatic carbocycles. The fourth-order valence-electron chi connectivity index (χ4n) is 2.21. The van der Waals surface area contributed by atoms with Crippen molar-refractivity contribution >= 4 is 11.9 Å². The van der Waals surface area contributed by atoms with Crippen LogP contribution < -0.4 is 16.0 Å². The van der Waals surface area contributed by atoms with Gasteiger partial charge in [0.1, 0.15) is 29.4 Å². The minimum absolute atomic E-state index is 0.0436. The van der Waals surface area contributed by atoms with Gasteiger partial charge in [0, 0.05) is 6.54 Å². The van der Waals surface area contributed by atoms with Gasteiger partial charge in [0.2, 0.25) is 5.91 Å². The number of carbonyl (C=O) groups excluding carboxylic acids is 1. The predicted molar refractivity (Wildman–Crippen MR) is 97.6 cm³/mol. The van der Waals surface area contributed by atoms with Gasteiger partial charge in [0.05, 0.1) is 19.4 Å². The van der Waals surface area contributed by atoms with Crippen molar-refractivity contribution in [3.63, 3.8) is 0 Å². The molecule has 2 aromatic rings. The number of furan rings is 2. The van der Waals surface area contributed by atoms with Crippen LogP contribution in [-0.2, 0) is 16.9 Å². The highest BCUT2D eigenvalue weighted by molar-refractivity contribution is 5.84. The molecule has 0 bridgehead atoms. The SMILES string of the molecule is CCNC(=NCC(=O)NCc1ccco1)NCC(C)(O)c1ccc(C)o1. The molecule has 1 atom stereocenters. The van der Waals surface area contributed by atoms with E-state index in [2.05, 4.69) is 20.9 Å². The molecule has 4 N–H and O–H groups in total. The summed E-state index contributed by atoms with van der Waals surface area (Å²) in [5.41, 5.74) is -1.20. The Bertz CT molecular complexity index is 719. The highest BCUT2D eigenvalue weighted by atomic mass is 16.4. The lowest BCUT2D eigenvalue weighted by Gasteiger charge is -2.22. The topological polar surface area (TPSA) is 112 Å². The average molecular weight is 362 g/mol. The number of hydrogen-bond acceptors (Lipinski definition) is 5. The van der Waals surface area contributed by atoms with Gasteiger partial charge < -0.3 is 29.9 Å². The van der Waals surface area contributed by atoms with E-state index in [1.54, 1.807) is 37.5 Å². The van der Waals surface area contributed by atoms with Gasteiger partial charge in [-0.2, -0.15) is 0 Å². The van der Waals surface area contributed by atoms with Crippen molar-refractivity contribution in [1.82, 2.24) is 16.0 Å². The van der Waals surface area contributed by atoms with E-state index in [1.807, 2.05) is 13.8 Å². The molecule has 1 unspecified atom stereocenters. The lowest BCUT2D eigenvalue weighted by molar-refractivity contribution is -0.119. The van der Waals surface area contributed by atoms with Crippen molar-refractivity contribution in [2.45, 2.75) is 32.9 Å². The Balaban J connectivity index is 1.86. The molecule has 0 aliphatic heterocycles. The molecule has 0 aliphatic rings. The Morgan fingerprint density at radius 3 is 2.69 bits per heavy atom. The van der Waals surface area contributed by atoms with Gasteiger partial charge >= 0.3 is 0 Å². The fraction of sp³-hybridized carbons (Fsp3) is 0.444. The number of hydrogen-bond donors (Lipinski definition) is 4. The van der Waals surface area contributed by atoms with Crippen molar-refractivity contribution in [3.8, 4) is 0 Å². The summed E-state index contributed by atoms with van der Waals surface area (Å²) >= 11 is 0. The number of rotatable bonds is 8. The maximum Gasteiger partial charge on any atom is 0.242 e. The molecule has 0 radical (unpaired) electrons. The Morgan fingerprint density at radius 2 is 2.08 bits per heavy atom. The molecule has 0 spiro atoms. The first kappa shape index (κ1) is 19.6. The third-order valence-electron chi connectivity index (χ3n) is 3.64. The number of guanidine groups is 1. The molecule has 8 heteroatoms. The molecular weight excluding hydrogens is 336 g/mol. The van der Waals surface area contributed by atoms with Crippen LogP contribution in [0, 0.1) is 6.92 Å². The third-order valence-corrected chi connectivity index (χ3v) is 3.64. The number of carbonyl (C=O) groups is 1. The molecule has 142 valence electrons. The quantitative estimate of drug-likeness (QED) is 0.415. The largest absolute Gasteiger partial charge is 0.467 e. The van der Waals surface area contributed by atoms with Crippen molar-refractivity contribution in [2.24, 2.45) is 4.99 Å². The number of nitrogens with zero attached hydrogens (tertiary/aromatic N) is 1. The number of nitrogens with one attached hydrogen (secondary N) is 3. The van der Waals surface area contributed by atoms with Crippen molar-refractivity contribution < 1.29 is 18.7 Å². The van der Waals surface area contributed by atoms with Crippen LogP contribution >= 0.6 is 0 Å². The second kappa shape index (κ2) is 9.10. The zero-order chi connectivity index (χ0) is 19.0. The molecule has 8 nitrogen and oxygen atoms in total. The Morgan fingerprint density at radius 1 is 1.27 bits per heavy atom. The van der Waals surface area contributed by atoms with Gasteiger partial charge in [-0.3, -0.25) is 4.79 Å². The normalized spacial score (nSPS) is 13.9. The highest BCUT2D eigenvalue weighted by Crippen LogP contribution is 2.21. The zero-order valence-electron chi connectivity index (χ0n) is 15.3. The Hall–Kier alpha value is -2.74. The second-order valence-electron chi connectivity index (χ2n) is 6.09. The summed E-state index contributed by atoms with van der Waals surface area (Å²) in [6.07, 6.45) is 1.55. The van der Waals surface area contributed by atoms with Gasteiger partial charge in [-0.25, -0.2) is 4.99 Å². The molecule has 2 aromatic heterocycles. The Kier molecular flexibility index (Phi) is 6.85. The lowest BCUT2D eigenvalue weighted by Crippen LogP contribution is -2.45. The first-order valence-corrected chi connectivity index (χ1v) is 8.51. The summed E-state index contributed by atoms with van der Waals surface area (Å²) in [7, 11) is 0. The predicted octanol–water partition coefficient (Wildman–Crippen LogP) is 1.26. The number of aliphatic hydroxyl groups is 1. The summed E-state index contributed by atoms with van der Waals surface area (Å²) in [5, 5.41) is 19.3. The third kappa shape index (κ3) is 5.96. The van der Waals surface area contributed by atoms with E-state index in [-0.39, 0.29) is 19.0 Å². The van der Waals surface area contributed by atoms with E-state index in [9.17, 15) is 9.90 Å². The van der Waals surface area contributed by atoms with Crippen LogP contribution in [0.3, 0.4) is 0 Å². The molecule has 0 saturated carbocycles. The molecule has 2 rings (SSSR count). The first-order valence-electron chi connectivity index (χ1n) is 8.51. The van der Waals surface area contributed by atoms with E-state index < -0.39 is 5.60 Å². The highest BCUT2D eigenvalue weighted by Gasteiger charge is 2.27. The molecule has 0 fully saturated rings. The standard InChI is InChI=1S/C18H26N4O4/c1-4-19-17(21-11-16(23)20-10-14-6-5-9-25-14)22-12-18(3,24)15-8-7-13(2)26-15/h5-9,24H,4,10-12H2,1-3H3,(H,20,23)(H2,19,21,22). The second-order valence-corrected chi connectivity index (χ2v) is 6.09. The maximum absolute atomic E-state index is 11.9. The number of aryl methyl sites for hydroxylation is 1. The van der Waals surface area contributed by atoms with E-state index in [1.165, 1.54) is 0 Å². The van der Waals surface area contributed by atoms with Gasteiger partial charge in [0.15, 0.2) is 5.96 Å². The average Bonchev–Trinajstić information content (AvgIpc) is 3.27. The van der Waals surface area contributed by atoms with Crippen LogP contribution in [0.5, 0.6) is 0 Å². The maximum atomic E-state index is 11.9. The van der Waals surface area contributed by atoms with Crippen LogP contribution in [0.1, 0.15) is 31.1 Å². The number of aliphatic imine (C=N–C) groups is 1. The Labute approximate surface area is 152 Å². The number of amides is 1. The zero-order valence-corrected chi connectivity index (χ0v) is 15.3. The smallest absolute Gasteiger partial charge is 0.242 e. The van der Waals surface area contributed by atoms with Crippen LogP contribution in [0.2, 0.25) is 0 Å². The van der Waals surface area contributed by atoms with E-state index in [0.29, 0.717) is 30.6 Å².